The first-order valence-electron chi connectivity index (χ1n) is 6.58. The van der Waals surface area contributed by atoms with Crippen molar-refractivity contribution in [1.29, 1.82) is 0 Å². The molecule has 0 spiro atoms. The molecule has 6 heteroatoms. The smallest absolute Gasteiger partial charge is 0.270 e. The first-order chi connectivity index (χ1) is 9.54. The van der Waals surface area contributed by atoms with Gasteiger partial charge >= 0.3 is 0 Å². The van der Waals surface area contributed by atoms with Crippen LogP contribution in [0.2, 0.25) is 0 Å². The fourth-order valence-corrected chi connectivity index (χ4v) is 3.30. The van der Waals surface area contributed by atoms with Crippen LogP contribution in [0.4, 0.5) is 0 Å². The number of carbonyl (C=O) groups excluding carboxylic acids is 1. The molecule has 3 rings (SSSR count). The summed E-state index contributed by atoms with van der Waals surface area (Å²) < 4.78 is 3.06. The van der Waals surface area contributed by atoms with E-state index in [1.165, 1.54) is 0 Å². The third kappa shape index (κ3) is 2.81. The summed E-state index contributed by atoms with van der Waals surface area (Å²) in [5.74, 6) is 0.0493. The summed E-state index contributed by atoms with van der Waals surface area (Å²) in [6.45, 7) is 2.53. The van der Waals surface area contributed by atoms with E-state index in [1.807, 2.05) is 31.6 Å². The summed E-state index contributed by atoms with van der Waals surface area (Å²) in [4.78, 5) is 18.7. The molecule has 0 aromatic carbocycles. The molecule has 1 aliphatic carbocycles. The van der Waals surface area contributed by atoms with Gasteiger partial charge in [0.05, 0.1) is 17.2 Å². The number of amides is 1. The van der Waals surface area contributed by atoms with Crippen molar-refractivity contribution < 1.29 is 4.79 Å². The molecule has 1 aliphatic rings. The van der Waals surface area contributed by atoms with Crippen molar-refractivity contribution in [3.8, 4) is 0 Å². The Morgan fingerprint density at radius 2 is 2.35 bits per heavy atom. The van der Waals surface area contributed by atoms with Gasteiger partial charge in [-0.05, 0) is 41.8 Å². The summed E-state index contributed by atoms with van der Waals surface area (Å²) >= 11 is 5.08. The van der Waals surface area contributed by atoms with E-state index >= 15 is 0 Å². The number of aromatic nitrogens is 2. The van der Waals surface area contributed by atoms with Crippen LogP contribution in [0.3, 0.4) is 0 Å². The molecule has 2 aromatic rings. The number of carbonyl (C=O) groups is 1. The Morgan fingerprint density at radius 3 is 2.95 bits per heavy atom. The van der Waals surface area contributed by atoms with Crippen molar-refractivity contribution in [3.05, 3.63) is 38.5 Å². The third-order valence-electron chi connectivity index (χ3n) is 3.39. The zero-order valence-electron chi connectivity index (χ0n) is 11.5. The van der Waals surface area contributed by atoms with Crippen LogP contribution in [0.25, 0.3) is 0 Å². The van der Waals surface area contributed by atoms with E-state index in [0.29, 0.717) is 12.6 Å². The molecule has 2 heterocycles. The SMILES string of the molecule is Cc1nc(CN(C)C(=O)c2cc(Br)cn2C2CC2)cs1. The van der Waals surface area contributed by atoms with Gasteiger partial charge in [-0.1, -0.05) is 0 Å². The molecule has 4 nitrogen and oxygen atoms in total. The third-order valence-corrected chi connectivity index (χ3v) is 4.64. The molecule has 2 aromatic heterocycles. The molecule has 20 heavy (non-hydrogen) atoms. The predicted molar refractivity (Wildman–Crippen MR) is 83.1 cm³/mol. The average molecular weight is 354 g/mol. The molecule has 106 valence electrons. The highest BCUT2D eigenvalue weighted by Gasteiger charge is 2.28. The topological polar surface area (TPSA) is 38.1 Å². The van der Waals surface area contributed by atoms with Crippen LogP contribution in [0, 0.1) is 6.92 Å². The minimum absolute atomic E-state index is 0.0493. The van der Waals surface area contributed by atoms with Crippen LogP contribution in [0.1, 0.15) is 40.1 Å². The van der Waals surface area contributed by atoms with Crippen LogP contribution in [-0.2, 0) is 6.54 Å². The van der Waals surface area contributed by atoms with Gasteiger partial charge in [0, 0.05) is 29.1 Å². The maximum Gasteiger partial charge on any atom is 0.270 e. The van der Waals surface area contributed by atoms with E-state index in [9.17, 15) is 4.79 Å². The summed E-state index contributed by atoms with van der Waals surface area (Å²) in [6, 6.07) is 2.40. The fraction of sp³-hybridized carbons (Fsp3) is 0.429. The normalized spacial score (nSPS) is 14.6. The lowest BCUT2D eigenvalue weighted by molar-refractivity contribution is 0.0772. The van der Waals surface area contributed by atoms with Gasteiger partial charge in [0.25, 0.3) is 5.91 Å². The van der Waals surface area contributed by atoms with Crippen LogP contribution in [-0.4, -0.2) is 27.4 Å². The van der Waals surface area contributed by atoms with Gasteiger partial charge in [-0.15, -0.1) is 11.3 Å². The van der Waals surface area contributed by atoms with Gasteiger partial charge in [-0.2, -0.15) is 0 Å². The maximum absolute atomic E-state index is 12.6. The zero-order chi connectivity index (χ0) is 14.3. The highest BCUT2D eigenvalue weighted by Crippen LogP contribution is 2.37. The summed E-state index contributed by atoms with van der Waals surface area (Å²) in [6.07, 6.45) is 4.33. The Bertz CT molecular complexity index is 645. The maximum atomic E-state index is 12.6. The van der Waals surface area contributed by atoms with E-state index in [-0.39, 0.29) is 5.91 Å². The highest BCUT2D eigenvalue weighted by molar-refractivity contribution is 9.10. The highest BCUT2D eigenvalue weighted by atomic mass is 79.9. The lowest BCUT2D eigenvalue weighted by atomic mass is 10.3. The summed E-state index contributed by atoms with van der Waals surface area (Å²) in [5, 5.41) is 3.04. The number of hydrogen-bond donors (Lipinski definition) is 0. The Labute approximate surface area is 130 Å². The van der Waals surface area contributed by atoms with Crippen molar-refractivity contribution in [2.45, 2.75) is 32.4 Å². The van der Waals surface area contributed by atoms with Crippen LogP contribution < -0.4 is 0 Å². The second-order valence-electron chi connectivity index (χ2n) is 5.20. The van der Waals surface area contributed by atoms with Crippen molar-refractivity contribution in [3.63, 3.8) is 0 Å². The Kier molecular flexibility index (Phi) is 3.69. The molecule has 1 fully saturated rings. The largest absolute Gasteiger partial charge is 0.339 e. The van der Waals surface area contributed by atoms with Crippen molar-refractivity contribution >= 4 is 33.2 Å². The second-order valence-corrected chi connectivity index (χ2v) is 7.18. The Balaban J connectivity index is 1.77. The van der Waals surface area contributed by atoms with Crippen LogP contribution in [0.15, 0.2) is 22.1 Å². The molecular weight excluding hydrogens is 338 g/mol. The molecule has 0 radical (unpaired) electrons. The quantitative estimate of drug-likeness (QED) is 0.841. The van der Waals surface area contributed by atoms with E-state index in [2.05, 4.69) is 25.5 Å². The monoisotopic (exact) mass is 353 g/mol. The van der Waals surface area contributed by atoms with Crippen LogP contribution in [0.5, 0.6) is 0 Å². The standard InChI is InChI=1S/C14H16BrN3OS/c1-9-16-11(8-20-9)7-17(2)14(19)13-5-10(15)6-18(13)12-3-4-12/h5-6,8,12H,3-4,7H2,1-2H3. The lowest BCUT2D eigenvalue weighted by Crippen LogP contribution is -2.28. The van der Waals surface area contributed by atoms with E-state index in [4.69, 9.17) is 0 Å². The molecule has 1 amide bonds. The second kappa shape index (κ2) is 5.33. The summed E-state index contributed by atoms with van der Waals surface area (Å²) in [5.41, 5.74) is 1.71. The number of halogens is 1. The minimum atomic E-state index is 0.0493. The molecule has 0 bridgehead atoms. The fourth-order valence-electron chi connectivity index (χ4n) is 2.26. The Morgan fingerprint density at radius 1 is 1.60 bits per heavy atom. The summed E-state index contributed by atoms with van der Waals surface area (Å²) in [7, 11) is 1.83. The van der Waals surface area contributed by atoms with Gasteiger partial charge in [0.1, 0.15) is 5.69 Å². The van der Waals surface area contributed by atoms with Gasteiger partial charge in [-0.3, -0.25) is 4.79 Å². The molecule has 0 aliphatic heterocycles. The van der Waals surface area contributed by atoms with Gasteiger partial charge < -0.3 is 9.47 Å². The van der Waals surface area contributed by atoms with Crippen molar-refractivity contribution in [1.82, 2.24) is 14.5 Å². The first kappa shape index (κ1) is 13.8. The number of aryl methyl sites for hydroxylation is 1. The molecule has 0 atom stereocenters. The van der Waals surface area contributed by atoms with E-state index in [0.717, 1.165) is 33.7 Å². The first-order valence-corrected chi connectivity index (χ1v) is 8.25. The lowest BCUT2D eigenvalue weighted by Gasteiger charge is -2.17. The molecule has 0 unspecified atom stereocenters. The van der Waals surface area contributed by atoms with E-state index < -0.39 is 0 Å². The number of thiazole rings is 1. The van der Waals surface area contributed by atoms with Gasteiger partial charge in [-0.25, -0.2) is 4.98 Å². The minimum Gasteiger partial charge on any atom is -0.339 e. The number of hydrogen-bond acceptors (Lipinski definition) is 3. The van der Waals surface area contributed by atoms with Gasteiger partial charge in [0.2, 0.25) is 0 Å². The number of nitrogens with zero attached hydrogens (tertiary/aromatic N) is 3. The molecule has 0 saturated heterocycles. The predicted octanol–water partition coefficient (Wildman–Crippen LogP) is 3.62. The average Bonchev–Trinajstić information content (AvgIpc) is 3.07. The van der Waals surface area contributed by atoms with Crippen molar-refractivity contribution in [2.24, 2.45) is 0 Å². The van der Waals surface area contributed by atoms with Crippen LogP contribution >= 0.6 is 27.3 Å². The Hall–Kier alpha value is -1.14. The molecule has 1 saturated carbocycles. The molecule has 0 N–H and O–H groups in total. The van der Waals surface area contributed by atoms with Gasteiger partial charge in [0.15, 0.2) is 0 Å². The van der Waals surface area contributed by atoms with E-state index in [1.54, 1.807) is 16.2 Å². The van der Waals surface area contributed by atoms with Crippen molar-refractivity contribution in [2.75, 3.05) is 7.05 Å². The molecular formula is C14H16BrN3OS. The number of rotatable bonds is 4. The zero-order valence-corrected chi connectivity index (χ0v) is 13.9.